The van der Waals surface area contributed by atoms with E-state index in [-0.39, 0.29) is 29.1 Å². The van der Waals surface area contributed by atoms with Crippen LogP contribution in [-0.2, 0) is 33.2 Å². The highest BCUT2D eigenvalue weighted by Gasteiger charge is 2.34. The van der Waals surface area contributed by atoms with E-state index in [0.29, 0.717) is 0 Å². The molecule has 0 saturated carbocycles. The molecule has 2 amide bonds. The summed E-state index contributed by atoms with van der Waals surface area (Å²) in [6, 6.07) is 4.10. The maximum Gasteiger partial charge on any atom is 0.469 e. The number of alkyl halides is 3. The Morgan fingerprint density at radius 3 is 2.52 bits per heavy atom. The van der Waals surface area contributed by atoms with Gasteiger partial charge in [-0.3, -0.25) is 24.5 Å². The zero-order chi connectivity index (χ0) is 24.8. The summed E-state index contributed by atoms with van der Waals surface area (Å²) in [5.41, 5.74) is 3.28. The Morgan fingerprint density at radius 1 is 1.21 bits per heavy atom. The number of rotatable bonds is 9. The van der Waals surface area contributed by atoms with Crippen molar-refractivity contribution in [3.05, 3.63) is 58.4 Å². The normalized spacial score (nSPS) is 11.8. The Balaban J connectivity index is 1.95. The van der Waals surface area contributed by atoms with Crippen LogP contribution in [0.25, 0.3) is 0 Å². The second-order valence-corrected chi connectivity index (χ2v) is 7.83. The number of aryl methyl sites for hydroxylation is 1. The van der Waals surface area contributed by atoms with Crippen molar-refractivity contribution in [2.45, 2.75) is 26.3 Å². The van der Waals surface area contributed by atoms with Crippen LogP contribution >= 0.6 is 7.82 Å². The Hall–Kier alpha value is -3.03. The van der Waals surface area contributed by atoms with Gasteiger partial charge >= 0.3 is 14.0 Å². The molecule has 0 unspecified atom stereocenters. The lowest BCUT2D eigenvalue weighted by molar-refractivity contribution is -0.137. The molecule has 0 atom stereocenters. The van der Waals surface area contributed by atoms with Crippen molar-refractivity contribution in [2.24, 2.45) is 0 Å². The van der Waals surface area contributed by atoms with E-state index in [0.717, 1.165) is 18.2 Å². The van der Waals surface area contributed by atoms with Crippen molar-refractivity contribution < 1.29 is 46.7 Å². The average molecular weight is 492 g/mol. The minimum absolute atomic E-state index is 0.124. The number of aromatic nitrogens is 1. The van der Waals surface area contributed by atoms with Gasteiger partial charge in [0.15, 0.2) is 0 Å². The molecule has 0 bridgehead atoms. The lowest BCUT2D eigenvalue weighted by atomic mass is 10.1. The second kappa shape index (κ2) is 10.7. The first-order valence-electron chi connectivity index (χ1n) is 9.12. The SMILES string of the molecule is Cc1ncc(COP(=O)(O)O)c(CNNC(=O)CNC(=O)c2ccccc2C(F)(F)F)c1O. The number of phosphoric acid groups is 1. The summed E-state index contributed by atoms with van der Waals surface area (Å²) in [6.07, 6.45) is -3.52. The number of halogens is 3. The summed E-state index contributed by atoms with van der Waals surface area (Å²) in [4.78, 5) is 45.5. The fourth-order valence-corrected chi connectivity index (χ4v) is 2.93. The second-order valence-electron chi connectivity index (χ2n) is 6.59. The molecule has 6 N–H and O–H groups in total. The van der Waals surface area contributed by atoms with Crippen LogP contribution in [0.1, 0.15) is 32.7 Å². The van der Waals surface area contributed by atoms with Crippen LogP contribution in [0.3, 0.4) is 0 Å². The summed E-state index contributed by atoms with van der Waals surface area (Å²) >= 11 is 0. The third kappa shape index (κ3) is 7.80. The standard InChI is InChI=1S/C18H20F3N4O7P/c1-10-16(27)13(11(6-22-10)9-32-33(29,30)31)7-24-25-15(26)8-23-17(28)12-4-2-3-5-14(12)18(19,20)21/h2-6,24,27H,7-9H2,1H3,(H,23,28)(H,25,26)(H2,29,30,31). The summed E-state index contributed by atoms with van der Waals surface area (Å²) in [6.45, 7) is 0.00327. The number of amides is 2. The minimum atomic E-state index is -4.79. The van der Waals surface area contributed by atoms with Gasteiger partial charge in [0.2, 0.25) is 0 Å². The molecule has 2 rings (SSSR count). The predicted molar refractivity (Wildman–Crippen MR) is 106 cm³/mol. The van der Waals surface area contributed by atoms with Crippen LogP contribution in [0.5, 0.6) is 5.75 Å². The topological polar surface area (TPSA) is 170 Å². The summed E-state index contributed by atoms with van der Waals surface area (Å²) in [5, 5.41) is 12.2. The molecule has 1 heterocycles. The molecule has 1 aromatic heterocycles. The van der Waals surface area contributed by atoms with Crippen LogP contribution in [0.15, 0.2) is 30.5 Å². The third-order valence-corrected chi connectivity index (χ3v) is 4.66. The molecular weight excluding hydrogens is 472 g/mol. The monoisotopic (exact) mass is 492 g/mol. The van der Waals surface area contributed by atoms with Gasteiger partial charge in [-0.05, 0) is 19.1 Å². The van der Waals surface area contributed by atoms with Gasteiger partial charge in [0.05, 0.1) is 30.0 Å². The number of nitrogens with one attached hydrogen (secondary N) is 3. The average Bonchev–Trinajstić information content (AvgIpc) is 2.73. The highest BCUT2D eigenvalue weighted by Crippen LogP contribution is 2.38. The smallest absolute Gasteiger partial charge is 0.469 e. The summed E-state index contributed by atoms with van der Waals surface area (Å²) in [7, 11) is -4.79. The van der Waals surface area contributed by atoms with Crippen molar-refractivity contribution in [3.8, 4) is 5.75 Å². The number of aromatic hydroxyl groups is 1. The van der Waals surface area contributed by atoms with Gasteiger partial charge in [-0.25, -0.2) is 9.99 Å². The molecule has 0 saturated heterocycles. The van der Waals surface area contributed by atoms with E-state index in [1.54, 1.807) is 0 Å². The molecule has 15 heteroatoms. The highest BCUT2D eigenvalue weighted by molar-refractivity contribution is 7.46. The lowest BCUT2D eigenvalue weighted by Crippen LogP contribution is -2.43. The molecule has 2 aromatic rings. The lowest BCUT2D eigenvalue weighted by Gasteiger charge is -2.15. The molecule has 0 aliphatic heterocycles. The third-order valence-electron chi connectivity index (χ3n) is 4.20. The van der Waals surface area contributed by atoms with Gasteiger partial charge in [0.25, 0.3) is 11.8 Å². The first kappa shape index (κ1) is 26.2. The first-order valence-corrected chi connectivity index (χ1v) is 10.6. The molecule has 33 heavy (non-hydrogen) atoms. The summed E-state index contributed by atoms with van der Waals surface area (Å²) < 4.78 is 54.3. The Kier molecular flexibility index (Phi) is 8.52. The molecular formula is C18H20F3N4O7P. The van der Waals surface area contributed by atoms with Crippen LogP contribution in [-0.4, -0.2) is 38.2 Å². The molecule has 1 aromatic carbocycles. The number of hydrogen-bond donors (Lipinski definition) is 6. The Bertz CT molecular complexity index is 1080. The first-order chi connectivity index (χ1) is 15.3. The van der Waals surface area contributed by atoms with Gasteiger partial charge < -0.3 is 20.2 Å². The number of hydrogen-bond acceptors (Lipinski definition) is 7. The van der Waals surface area contributed by atoms with E-state index < -0.39 is 50.1 Å². The molecule has 0 spiro atoms. The fourth-order valence-electron chi connectivity index (χ4n) is 2.62. The van der Waals surface area contributed by atoms with E-state index in [2.05, 4.69) is 25.7 Å². The molecule has 0 fully saturated rings. The van der Waals surface area contributed by atoms with Crippen LogP contribution in [0.4, 0.5) is 13.2 Å². The zero-order valence-corrected chi connectivity index (χ0v) is 17.9. The van der Waals surface area contributed by atoms with Crippen molar-refractivity contribution in [1.29, 1.82) is 0 Å². The van der Waals surface area contributed by atoms with Crippen molar-refractivity contribution in [2.75, 3.05) is 6.54 Å². The van der Waals surface area contributed by atoms with Crippen LogP contribution in [0.2, 0.25) is 0 Å². The van der Waals surface area contributed by atoms with Gasteiger partial charge in [-0.1, -0.05) is 12.1 Å². The van der Waals surface area contributed by atoms with E-state index in [1.807, 2.05) is 0 Å². The van der Waals surface area contributed by atoms with Crippen molar-refractivity contribution in [1.82, 2.24) is 21.2 Å². The molecule has 180 valence electrons. The maximum absolute atomic E-state index is 13.0. The number of phosphoric ester groups is 1. The maximum atomic E-state index is 13.0. The van der Waals surface area contributed by atoms with Crippen LogP contribution < -0.4 is 16.2 Å². The molecule has 0 radical (unpaired) electrons. The number of carbonyl (C=O) groups excluding carboxylic acids is 2. The predicted octanol–water partition coefficient (Wildman–Crippen LogP) is 1.27. The van der Waals surface area contributed by atoms with Crippen molar-refractivity contribution >= 4 is 19.6 Å². The minimum Gasteiger partial charge on any atom is -0.506 e. The van der Waals surface area contributed by atoms with E-state index in [9.17, 15) is 32.4 Å². The highest BCUT2D eigenvalue weighted by atomic mass is 31.2. The Morgan fingerprint density at radius 2 is 1.88 bits per heavy atom. The van der Waals surface area contributed by atoms with E-state index >= 15 is 0 Å². The van der Waals surface area contributed by atoms with Crippen molar-refractivity contribution in [3.63, 3.8) is 0 Å². The van der Waals surface area contributed by atoms with Crippen LogP contribution in [0, 0.1) is 6.92 Å². The van der Waals surface area contributed by atoms with E-state index in [1.165, 1.54) is 19.2 Å². The van der Waals surface area contributed by atoms with Gasteiger partial charge in [-0.15, -0.1) is 0 Å². The number of pyridine rings is 1. The largest absolute Gasteiger partial charge is 0.506 e. The quantitative estimate of drug-likeness (QED) is 0.223. The number of nitrogens with zero attached hydrogens (tertiary/aromatic N) is 1. The number of hydrazine groups is 1. The number of carbonyl (C=O) groups is 2. The fraction of sp³-hybridized carbons (Fsp3) is 0.278. The molecule has 11 nitrogen and oxygen atoms in total. The number of benzene rings is 1. The zero-order valence-electron chi connectivity index (χ0n) is 17.0. The molecule has 0 aliphatic rings. The summed E-state index contributed by atoms with van der Waals surface area (Å²) in [5.74, 6) is -2.22. The molecule has 0 aliphatic carbocycles. The van der Waals surface area contributed by atoms with Gasteiger partial charge in [0, 0.05) is 23.9 Å². The van der Waals surface area contributed by atoms with E-state index in [4.69, 9.17) is 9.79 Å². The van der Waals surface area contributed by atoms with Gasteiger partial charge in [-0.2, -0.15) is 13.2 Å². The Labute approximate surface area is 185 Å². The van der Waals surface area contributed by atoms with Gasteiger partial charge in [0.1, 0.15) is 5.75 Å².